The van der Waals surface area contributed by atoms with E-state index < -0.39 is 0 Å². The monoisotopic (exact) mass is 255 g/mol. The van der Waals surface area contributed by atoms with Gasteiger partial charge in [-0.3, -0.25) is 4.79 Å². The van der Waals surface area contributed by atoms with E-state index in [1.165, 1.54) is 32.6 Å². The summed E-state index contributed by atoms with van der Waals surface area (Å²) in [6.07, 6.45) is 6.11. The lowest BCUT2D eigenvalue weighted by Crippen LogP contribution is -2.43. The van der Waals surface area contributed by atoms with Crippen LogP contribution in [0.4, 0.5) is 4.79 Å². The number of carbonyl (C=O) groups is 2. The van der Waals surface area contributed by atoms with Gasteiger partial charge in [-0.15, -0.1) is 0 Å². The largest absolute Gasteiger partial charge is 0.355 e. The van der Waals surface area contributed by atoms with E-state index in [9.17, 15) is 9.59 Å². The van der Waals surface area contributed by atoms with Crippen LogP contribution in [0.3, 0.4) is 0 Å². The molecule has 18 heavy (non-hydrogen) atoms. The van der Waals surface area contributed by atoms with Gasteiger partial charge in [0.2, 0.25) is 5.91 Å². The number of nitrogens with one attached hydrogen (secondary N) is 3. The highest BCUT2D eigenvalue weighted by atomic mass is 16.2. The molecule has 0 heterocycles. The highest BCUT2D eigenvalue weighted by Gasteiger charge is 2.31. The zero-order chi connectivity index (χ0) is 13.4. The quantitative estimate of drug-likeness (QED) is 0.628. The van der Waals surface area contributed by atoms with E-state index in [1.807, 2.05) is 0 Å². The van der Waals surface area contributed by atoms with Crippen molar-refractivity contribution in [3.63, 3.8) is 0 Å². The number of rotatable bonds is 6. The molecule has 5 heteroatoms. The first-order valence-electron chi connectivity index (χ1n) is 6.84. The molecule has 0 radical (unpaired) electrons. The Morgan fingerprint density at radius 2 is 1.67 bits per heavy atom. The molecule has 0 aromatic heterocycles. The van der Waals surface area contributed by atoms with Crippen LogP contribution in [0.5, 0.6) is 0 Å². The molecular formula is C13H25N3O2. The van der Waals surface area contributed by atoms with Gasteiger partial charge in [0, 0.05) is 26.6 Å². The van der Waals surface area contributed by atoms with E-state index in [-0.39, 0.29) is 11.9 Å². The van der Waals surface area contributed by atoms with Crippen molar-refractivity contribution in [3.8, 4) is 0 Å². The average Bonchev–Trinajstić information content (AvgIpc) is 2.81. The van der Waals surface area contributed by atoms with Crippen molar-refractivity contribution in [2.24, 2.45) is 5.41 Å². The molecule has 1 aliphatic carbocycles. The fourth-order valence-electron chi connectivity index (χ4n) is 2.53. The molecule has 1 fully saturated rings. The van der Waals surface area contributed by atoms with Gasteiger partial charge in [0.05, 0.1) is 0 Å². The molecule has 0 aliphatic heterocycles. The lowest BCUT2D eigenvalue weighted by atomic mass is 9.83. The summed E-state index contributed by atoms with van der Waals surface area (Å²) in [5.41, 5.74) is 0.314. The summed E-state index contributed by atoms with van der Waals surface area (Å²) in [6, 6.07) is -0.139. The summed E-state index contributed by atoms with van der Waals surface area (Å²) in [6.45, 7) is 5.36. The predicted octanol–water partition coefficient (Wildman–Crippen LogP) is 1.39. The van der Waals surface area contributed by atoms with Crippen LogP contribution in [0.2, 0.25) is 0 Å². The molecule has 5 nitrogen and oxygen atoms in total. The molecule has 0 saturated heterocycles. The van der Waals surface area contributed by atoms with Gasteiger partial charge in [-0.05, 0) is 24.7 Å². The van der Waals surface area contributed by atoms with Crippen LogP contribution in [0, 0.1) is 5.41 Å². The van der Waals surface area contributed by atoms with Crippen molar-refractivity contribution < 1.29 is 9.59 Å². The van der Waals surface area contributed by atoms with Crippen LogP contribution in [0.1, 0.15) is 46.0 Å². The van der Waals surface area contributed by atoms with Crippen LogP contribution in [0.15, 0.2) is 0 Å². The van der Waals surface area contributed by atoms with Gasteiger partial charge in [0.25, 0.3) is 0 Å². The fraction of sp³-hybridized carbons (Fsp3) is 0.846. The van der Waals surface area contributed by atoms with Crippen LogP contribution in [-0.2, 0) is 4.79 Å². The Labute approximate surface area is 109 Å². The zero-order valence-electron chi connectivity index (χ0n) is 11.5. The van der Waals surface area contributed by atoms with Gasteiger partial charge in [-0.1, -0.05) is 19.8 Å². The maximum Gasteiger partial charge on any atom is 0.314 e. The van der Waals surface area contributed by atoms with E-state index in [1.54, 1.807) is 0 Å². The van der Waals surface area contributed by atoms with Crippen LogP contribution < -0.4 is 16.0 Å². The first-order valence-corrected chi connectivity index (χ1v) is 6.84. The molecule has 0 aromatic carbocycles. The molecule has 3 N–H and O–H groups in total. The fourth-order valence-corrected chi connectivity index (χ4v) is 2.53. The van der Waals surface area contributed by atoms with Crippen LogP contribution in [0.25, 0.3) is 0 Å². The zero-order valence-corrected chi connectivity index (χ0v) is 11.5. The minimum Gasteiger partial charge on any atom is -0.355 e. The SMILES string of the molecule is CCC1(CNC(=O)NCCNC(C)=O)CCCC1. The smallest absolute Gasteiger partial charge is 0.314 e. The Morgan fingerprint density at radius 1 is 1.06 bits per heavy atom. The summed E-state index contributed by atoms with van der Waals surface area (Å²) in [7, 11) is 0. The number of hydrogen-bond donors (Lipinski definition) is 3. The molecule has 0 unspecified atom stereocenters. The molecule has 0 spiro atoms. The number of amides is 3. The van der Waals surface area contributed by atoms with E-state index in [4.69, 9.17) is 0 Å². The van der Waals surface area contributed by atoms with E-state index >= 15 is 0 Å². The van der Waals surface area contributed by atoms with Gasteiger partial charge in [-0.2, -0.15) is 0 Å². The molecule has 1 aliphatic rings. The maximum atomic E-state index is 11.6. The van der Waals surface area contributed by atoms with Crippen molar-refractivity contribution in [1.29, 1.82) is 0 Å². The number of carbonyl (C=O) groups excluding carboxylic acids is 2. The van der Waals surface area contributed by atoms with Crippen LogP contribution >= 0.6 is 0 Å². The lowest BCUT2D eigenvalue weighted by molar-refractivity contribution is -0.118. The van der Waals surface area contributed by atoms with Crippen molar-refractivity contribution >= 4 is 11.9 Å². The Morgan fingerprint density at radius 3 is 2.22 bits per heavy atom. The Kier molecular flexibility index (Phi) is 5.95. The normalized spacial score (nSPS) is 17.2. The first kappa shape index (κ1) is 14.8. The van der Waals surface area contributed by atoms with E-state index in [0.29, 0.717) is 18.5 Å². The topological polar surface area (TPSA) is 70.2 Å². The highest BCUT2D eigenvalue weighted by Crippen LogP contribution is 2.40. The number of hydrogen-bond acceptors (Lipinski definition) is 2. The second-order valence-corrected chi connectivity index (χ2v) is 5.15. The third-order valence-electron chi connectivity index (χ3n) is 3.82. The number of urea groups is 1. The predicted molar refractivity (Wildman–Crippen MR) is 71.3 cm³/mol. The molecule has 3 amide bonds. The molecule has 1 rings (SSSR count). The standard InChI is InChI=1S/C13H25N3O2/c1-3-13(6-4-5-7-13)10-16-12(18)15-9-8-14-11(2)17/h3-10H2,1-2H3,(H,14,17)(H2,15,16,18). The van der Waals surface area contributed by atoms with Gasteiger partial charge in [-0.25, -0.2) is 4.79 Å². The van der Waals surface area contributed by atoms with Gasteiger partial charge >= 0.3 is 6.03 Å². The minimum atomic E-state index is -0.139. The molecule has 0 atom stereocenters. The third-order valence-corrected chi connectivity index (χ3v) is 3.82. The molecule has 0 bridgehead atoms. The Bertz CT molecular complexity index is 286. The molecular weight excluding hydrogens is 230 g/mol. The second kappa shape index (κ2) is 7.24. The lowest BCUT2D eigenvalue weighted by Gasteiger charge is -2.27. The Hall–Kier alpha value is -1.26. The molecule has 104 valence electrons. The summed E-state index contributed by atoms with van der Waals surface area (Å²) in [5, 5.41) is 8.32. The van der Waals surface area contributed by atoms with Crippen molar-refractivity contribution in [2.45, 2.75) is 46.0 Å². The molecule has 0 aromatic rings. The summed E-state index contributed by atoms with van der Waals surface area (Å²) < 4.78 is 0. The van der Waals surface area contributed by atoms with E-state index in [0.717, 1.165) is 13.0 Å². The maximum absolute atomic E-state index is 11.6. The van der Waals surface area contributed by atoms with Crippen molar-refractivity contribution in [3.05, 3.63) is 0 Å². The average molecular weight is 255 g/mol. The van der Waals surface area contributed by atoms with Crippen molar-refractivity contribution in [1.82, 2.24) is 16.0 Å². The first-order chi connectivity index (χ1) is 8.58. The second-order valence-electron chi connectivity index (χ2n) is 5.15. The van der Waals surface area contributed by atoms with Gasteiger partial charge in [0.1, 0.15) is 0 Å². The van der Waals surface area contributed by atoms with Gasteiger partial charge < -0.3 is 16.0 Å². The van der Waals surface area contributed by atoms with Crippen molar-refractivity contribution in [2.75, 3.05) is 19.6 Å². The third kappa shape index (κ3) is 4.94. The van der Waals surface area contributed by atoms with E-state index in [2.05, 4.69) is 22.9 Å². The summed E-state index contributed by atoms with van der Waals surface area (Å²) >= 11 is 0. The van der Waals surface area contributed by atoms with Gasteiger partial charge in [0.15, 0.2) is 0 Å². The minimum absolute atomic E-state index is 0.0758. The Balaban J connectivity index is 2.14. The summed E-state index contributed by atoms with van der Waals surface area (Å²) in [5.74, 6) is -0.0758. The highest BCUT2D eigenvalue weighted by molar-refractivity contribution is 5.74. The summed E-state index contributed by atoms with van der Waals surface area (Å²) in [4.78, 5) is 22.2. The van der Waals surface area contributed by atoms with Crippen LogP contribution in [-0.4, -0.2) is 31.6 Å². The molecule has 1 saturated carbocycles.